The molecule has 0 spiro atoms. The van der Waals surface area contributed by atoms with Crippen LogP contribution in [0.25, 0.3) is 0 Å². The van der Waals surface area contributed by atoms with E-state index in [0.717, 1.165) is 0 Å². The van der Waals surface area contributed by atoms with E-state index in [-0.39, 0.29) is 10.5 Å². The first-order valence-corrected chi connectivity index (χ1v) is 8.27. The molecule has 0 bridgehead atoms. The lowest BCUT2D eigenvalue weighted by Crippen LogP contribution is -2.15. The van der Waals surface area contributed by atoms with Crippen LogP contribution in [-0.2, 0) is 9.84 Å². The molecule has 0 fully saturated rings. The van der Waals surface area contributed by atoms with Gasteiger partial charge in [0.2, 0.25) is 0 Å². The smallest absolute Gasteiger partial charge is 0.258 e. The summed E-state index contributed by atoms with van der Waals surface area (Å²) in [4.78, 5) is 12.1. The molecule has 0 aromatic heterocycles. The standard InChI is InChI=1S/C16H16FNO3S/c1-11(2)22(20,21)13-9-7-12(8-10-13)18-16(19)14-5-3-4-6-15(14)17/h3-11H,1-2H3,(H,18,19). The number of hydrogen-bond donors (Lipinski definition) is 1. The topological polar surface area (TPSA) is 63.2 Å². The molecule has 0 aliphatic carbocycles. The Morgan fingerprint density at radius 1 is 1.05 bits per heavy atom. The number of anilines is 1. The maximum Gasteiger partial charge on any atom is 0.258 e. The first-order valence-electron chi connectivity index (χ1n) is 6.72. The van der Waals surface area contributed by atoms with Crippen LogP contribution in [0.3, 0.4) is 0 Å². The molecule has 4 nitrogen and oxygen atoms in total. The van der Waals surface area contributed by atoms with Gasteiger partial charge in [-0.3, -0.25) is 4.79 Å². The zero-order valence-electron chi connectivity index (χ0n) is 12.2. The van der Waals surface area contributed by atoms with Crippen LogP contribution in [-0.4, -0.2) is 19.6 Å². The maximum atomic E-state index is 13.5. The van der Waals surface area contributed by atoms with Gasteiger partial charge in [0.25, 0.3) is 5.91 Å². The van der Waals surface area contributed by atoms with Gasteiger partial charge >= 0.3 is 0 Å². The Morgan fingerprint density at radius 3 is 2.18 bits per heavy atom. The van der Waals surface area contributed by atoms with Crippen molar-refractivity contribution in [2.75, 3.05) is 5.32 Å². The van der Waals surface area contributed by atoms with E-state index in [0.29, 0.717) is 5.69 Å². The quantitative estimate of drug-likeness (QED) is 0.940. The van der Waals surface area contributed by atoms with Crippen molar-refractivity contribution < 1.29 is 17.6 Å². The van der Waals surface area contributed by atoms with Crippen LogP contribution in [0.15, 0.2) is 53.4 Å². The Balaban J connectivity index is 2.19. The van der Waals surface area contributed by atoms with Gasteiger partial charge < -0.3 is 5.32 Å². The van der Waals surface area contributed by atoms with Crippen molar-refractivity contribution >= 4 is 21.4 Å². The second-order valence-electron chi connectivity index (χ2n) is 5.05. The number of amides is 1. The molecule has 0 atom stereocenters. The molecule has 6 heteroatoms. The first kappa shape index (κ1) is 16.2. The van der Waals surface area contributed by atoms with Crippen molar-refractivity contribution in [1.82, 2.24) is 0 Å². The molecule has 0 saturated carbocycles. The number of hydrogen-bond acceptors (Lipinski definition) is 3. The van der Waals surface area contributed by atoms with E-state index in [4.69, 9.17) is 0 Å². The van der Waals surface area contributed by atoms with Crippen LogP contribution >= 0.6 is 0 Å². The fourth-order valence-electron chi connectivity index (χ4n) is 1.84. The molecular weight excluding hydrogens is 305 g/mol. The minimum absolute atomic E-state index is 0.0682. The van der Waals surface area contributed by atoms with E-state index in [2.05, 4.69) is 5.32 Å². The highest BCUT2D eigenvalue weighted by Crippen LogP contribution is 2.19. The van der Waals surface area contributed by atoms with E-state index >= 15 is 0 Å². The number of carbonyl (C=O) groups excluding carboxylic acids is 1. The monoisotopic (exact) mass is 321 g/mol. The van der Waals surface area contributed by atoms with Gasteiger partial charge in [0.1, 0.15) is 5.82 Å². The van der Waals surface area contributed by atoms with Gasteiger partial charge in [0.05, 0.1) is 15.7 Å². The van der Waals surface area contributed by atoms with Gasteiger partial charge in [-0.1, -0.05) is 12.1 Å². The third-order valence-corrected chi connectivity index (χ3v) is 5.35. The SMILES string of the molecule is CC(C)S(=O)(=O)c1ccc(NC(=O)c2ccccc2F)cc1. The normalized spacial score (nSPS) is 11.5. The fraction of sp³-hybridized carbons (Fsp3) is 0.188. The van der Waals surface area contributed by atoms with Crippen LogP contribution < -0.4 is 5.32 Å². The molecule has 0 radical (unpaired) electrons. The summed E-state index contributed by atoms with van der Waals surface area (Å²) in [5.41, 5.74) is 0.331. The molecule has 1 N–H and O–H groups in total. The third kappa shape index (κ3) is 3.33. The van der Waals surface area contributed by atoms with Gasteiger partial charge in [-0.05, 0) is 50.2 Å². The van der Waals surface area contributed by atoms with E-state index in [1.165, 1.54) is 42.5 Å². The average Bonchev–Trinajstić information content (AvgIpc) is 2.48. The van der Waals surface area contributed by atoms with Gasteiger partial charge in [-0.2, -0.15) is 0 Å². The van der Waals surface area contributed by atoms with Crippen LogP contribution in [0.1, 0.15) is 24.2 Å². The van der Waals surface area contributed by atoms with Gasteiger partial charge in [-0.15, -0.1) is 0 Å². The zero-order chi connectivity index (χ0) is 16.3. The zero-order valence-corrected chi connectivity index (χ0v) is 13.0. The third-order valence-electron chi connectivity index (χ3n) is 3.18. The average molecular weight is 321 g/mol. The molecular formula is C16H16FNO3S. The first-order chi connectivity index (χ1) is 10.3. The summed E-state index contributed by atoms with van der Waals surface area (Å²) in [6, 6.07) is 11.4. The summed E-state index contributed by atoms with van der Waals surface area (Å²) >= 11 is 0. The molecule has 0 aliphatic rings. The number of rotatable bonds is 4. The fourth-order valence-corrected chi connectivity index (χ4v) is 2.90. The Hall–Kier alpha value is -2.21. The Labute approximate surface area is 128 Å². The van der Waals surface area contributed by atoms with Crippen LogP contribution in [0, 0.1) is 5.82 Å². The summed E-state index contributed by atoms with van der Waals surface area (Å²) in [7, 11) is -3.35. The van der Waals surface area contributed by atoms with Crippen molar-refractivity contribution in [1.29, 1.82) is 0 Å². The maximum absolute atomic E-state index is 13.5. The van der Waals surface area contributed by atoms with Crippen molar-refractivity contribution in [2.45, 2.75) is 24.0 Å². The lowest BCUT2D eigenvalue weighted by Gasteiger charge is -2.09. The molecule has 0 saturated heterocycles. The number of nitrogens with one attached hydrogen (secondary N) is 1. The van der Waals surface area contributed by atoms with E-state index in [9.17, 15) is 17.6 Å². The number of halogens is 1. The summed E-state index contributed by atoms with van der Waals surface area (Å²) in [5.74, 6) is -1.20. The van der Waals surface area contributed by atoms with Crippen molar-refractivity contribution in [3.8, 4) is 0 Å². The predicted molar refractivity (Wildman–Crippen MR) is 83.1 cm³/mol. The summed E-state index contributed by atoms with van der Waals surface area (Å²) in [6.45, 7) is 3.20. The van der Waals surface area contributed by atoms with Crippen molar-refractivity contribution in [2.24, 2.45) is 0 Å². The number of carbonyl (C=O) groups is 1. The van der Waals surface area contributed by atoms with Gasteiger partial charge in [0, 0.05) is 5.69 Å². The second-order valence-corrected chi connectivity index (χ2v) is 7.56. The molecule has 0 aliphatic heterocycles. The molecule has 116 valence electrons. The number of sulfone groups is 1. The Bertz CT molecular complexity index is 783. The van der Waals surface area contributed by atoms with Gasteiger partial charge in [0.15, 0.2) is 9.84 Å². The molecule has 2 aromatic carbocycles. The minimum Gasteiger partial charge on any atom is -0.322 e. The minimum atomic E-state index is -3.35. The molecule has 22 heavy (non-hydrogen) atoms. The molecule has 1 amide bonds. The summed E-state index contributed by atoms with van der Waals surface area (Å²) < 4.78 is 37.5. The predicted octanol–water partition coefficient (Wildman–Crippen LogP) is 3.26. The summed E-state index contributed by atoms with van der Waals surface area (Å²) in [5, 5.41) is 2.01. The number of benzene rings is 2. The highest BCUT2D eigenvalue weighted by atomic mass is 32.2. The van der Waals surface area contributed by atoms with Gasteiger partial charge in [-0.25, -0.2) is 12.8 Å². The van der Waals surface area contributed by atoms with E-state index in [1.54, 1.807) is 19.9 Å². The van der Waals surface area contributed by atoms with Crippen LogP contribution in [0.5, 0.6) is 0 Å². The second kappa shape index (κ2) is 6.27. The Morgan fingerprint density at radius 2 is 1.64 bits per heavy atom. The lowest BCUT2D eigenvalue weighted by molar-refractivity contribution is 0.102. The van der Waals surface area contributed by atoms with E-state index in [1.807, 2.05) is 0 Å². The highest BCUT2D eigenvalue weighted by molar-refractivity contribution is 7.92. The summed E-state index contributed by atoms with van der Waals surface area (Å²) in [6.07, 6.45) is 0. The molecule has 2 rings (SSSR count). The molecule has 2 aromatic rings. The van der Waals surface area contributed by atoms with Crippen molar-refractivity contribution in [3.63, 3.8) is 0 Å². The lowest BCUT2D eigenvalue weighted by atomic mass is 10.2. The largest absolute Gasteiger partial charge is 0.322 e. The van der Waals surface area contributed by atoms with Crippen LogP contribution in [0.4, 0.5) is 10.1 Å². The Kier molecular flexibility index (Phi) is 4.61. The van der Waals surface area contributed by atoms with Crippen molar-refractivity contribution in [3.05, 3.63) is 59.9 Å². The molecule has 0 heterocycles. The van der Waals surface area contributed by atoms with E-state index < -0.39 is 26.8 Å². The van der Waals surface area contributed by atoms with Crippen LogP contribution in [0.2, 0.25) is 0 Å². The molecule has 0 unspecified atom stereocenters. The highest BCUT2D eigenvalue weighted by Gasteiger charge is 2.19.